The molecule has 1 saturated carbocycles. The summed E-state index contributed by atoms with van der Waals surface area (Å²) in [4.78, 5) is 16.2. The number of hydrogen-bond donors (Lipinski definition) is 3. The molecule has 0 aromatic carbocycles. The average molecular weight is 346 g/mol. The number of carbonyl (C=O) groups is 1. The number of aromatic nitrogens is 1. The highest BCUT2D eigenvalue weighted by Crippen LogP contribution is 2.41. The van der Waals surface area contributed by atoms with E-state index in [4.69, 9.17) is 5.73 Å². The highest BCUT2D eigenvalue weighted by atomic mass is 16.4. The second kappa shape index (κ2) is 7.04. The van der Waals surface area contributed by atoms with Gasteiger partial charge in [0.25, 0.3) is 0 Å². The van der Waals surface area contributed by atoms with Gasteiger partial charge in [0, 0.05) is 24.4 Å². The van der Waals surface area contributed by atoms with E-state index in [1.807, 2.05) is 19.9 Å². The van der Waals surface area contributed by atoms with Gasteiger partial charge in [-0.25, -0.2) is 4.79 Å². The minimum Gasteiger partial charge on any atom is -0.479 e. The number of hydrogen-bond acceptors (Lipinski definition) is 4. The molecule has 3 rings (SSSR count). The fourth-order valence-electron chi connectivity index (χ4n) is 4.16. The average Bonchev–Trinajstić information content (AvgIpc) is 3.23. The minimum atomic E-state index is -1.97. The number of aliphatic hydroxyl groups is 1. The first-order valence-electron chi connectivity index (χ1n) is 9.46. The van der Waals surface area contributed by atoms with Gasteiger partial charge in [0.15, 0.2) is 5.60 Å². The summed E-state index contributed by atoms with van der Waals surface area (Å²) in [6, 6.07) is 1.23. The number of carboxylic acids is 1. The first-order chi connectivity index (χ1) is 11.8. The summed E-state index contributed by atoms with van der Waals surface area (Å²) < 4.78 is 0. The Morgan fingerprint density at radius 3 is 2.68 bits per heavy atom. The van der Waals surface area contributed by atoms with Gasteiger partial charge in [-0.15, -0.1) is 0 Å². The van der Waals surface area contributed by atoms with Crippen molar-refractivity contribution < 1.29 is 15.0 Å². The first-order valence-corrected chi connectivity index (χ1v) is 9.46. The molecular weight excluding hydrogens is 316 g/mol. The Hall–Kier alpha value is -1.46. The smallest absolute Gasteiger partial charge is 0.337 e. The fourth-order valence-corrected chi connectivity index (χ4v) is 4.16. The number of pyridine rings is 1. The number of fused-ring (bicyclic) bond motifs is 1. The fraction of sp³-hybridized carbons (Fsp3) is 0.700. The van der Waals surface area contributed by atoms with Crippen molar-refractivity contribution in [1.82, 2.24) is 4.98 Å². The third kappa shape index (κ3) is 4.04. The van der Waals surface area contributed by atoms with Gasteiger partial charge < -0.3 is 15.9 Å². The van der Waals surface area contributed by atoms with Crippen LogP contribution in [0.25, 0.3) is 0 Å². The summed E-state index contributed by atoms with van der Waals surface area (Å²) in [6.07, 6.45) is 8.13. The summed E-state index contributed by atoms with van der Waals surface area (Å²) >= 11 is 0. The van der Waals surface area contributed by atoms with Gasteiger partial charge in [0.05, 0.1) is 0 Å². The molecule has 0 saturated heterocycles. The molecule has 0 aliphatic heterocycles. The lowest BCUT2D eigenvalue weighted by Gasteiger charge is -2.31. The summed E-state index contributed by atoms with van der Waals surface area (Å²) in [6.45, 7) is 3.95. The predicted molar refractivity (Wildman–Crippen MR) is 96.2 cm³/mol. The van der Waals surface area contributed by atoms with Crippen molar-refractivity contribution in [2.75, 3.05) is 0 Å². The Morgan fingerprint density at radius 1 is 1.36 bits per heavy atom. The van der Waals surface area contributed by atoms with E-state index in [0.717, 1.165) is 24.3 Å². The van der Waals surface area contributed by atoms with E-state index in [1.54, 1.807) is 6.20 Å². The molecule has 0 radical (unpaired) electrons. The van der Waals surface area contributed by atoms with Crippen LogP contribution in [0.2, 0.25) is 0 Å². The van der Waals surface area contributed by atoms with Crippen molar-refractivity contribution in [3.63, 3.8) is 0 Å². The van der Waals surface area contributed by atoms with Crippen LogP contribution >= 0.6 is 0 Å². The van der Waals surface area contributed by atoms with E-state index < -0.39 is 17.6 Å². The lowest BCUT2D eigenvalue weighted by molar-refractivity contribution is -0.161. The molecule has 1 fully saturated rings. The third-order valence-corrected chi connectivity index (χ3v) is 5.75. The molecular formula is C20H30N2O3. The Labute approximate surface area is 149 Å². The van der Waals surface area contributed by atoms with Crippen LogP contribution in [0.3, 0.4) is 0 Å². The molecule has 5 heteroatoms. The van der Waals surface area contributed by atoms with Crippen molar-refractivity contribution >= 4 is 5.97 Å². The zero-order valence-electron chi connectivity index (χ0n) is 15.2. The van der Waals surface area contributed by atoms with Crippen molar-refractivity contribution in [2.45, 2.75) is 70.4 Å². The van der Waals surface area contributed by atoms with E-state index >= 15 is 0 Å². The predicted octanol–water partition coefficient (Wildman–Crippen LogP) is 2.33. The monoisotopic (exact) mass is 346 g/mol. The molecule has 0 bridgehead atoms. The van der Waals surface area contributed by atoms with Gasteiger partial charge in [0.1, 0.15) is 0 Å². The lowest BCUT2D eigenvalue weighted by Crippen LogP contribution is -2.56. The van der Waals surface area contributed by atoms with E-state index in [2.05, 4.69) is 4.98 Å². The summed E-state index contributed by atoms with van der Waals surface area (Å²) in [5.74, 6) is 0.477. The molecule has 2 aliphatic carbocycles. The highest BCUT2D eigenvalue weighted by Gasteiger charge is 2.44. The molecule has 4 N–H and O–H groups in total. The van der Waals surface area contributed by atoms with E-state index in [-0.39, 0.29) is 12.3 Å². The van der Waals surface area contributed by atoms with Crippen LogP contribution in [0, 0.1) is 17.8 Å². The SMILES string of the molecule is CC(C)C[C@H](N)[C@](O)(Cc1nccc2c1C[C@H](CC1CC1)C2)C(=O)O. The Morgan fingerprint density at radius 2 is 2.08 bits per heavy atom. The van der Waals surface area contributed by atoms with Crippen LogP contribution in [0.4, 0.5) is 0 Å². The van der Waals surface area contributed by atoms with Gasteiger partial charge in [-0.05, 0) is 60.6 Å². The van der Waals surface area contributed by atoms with Crippen molar-refractivity contribution in [1.29, 1.82) is 0 Å². The molecule has 1 aromatic heterocycles. The van der Waals surface area contributed by atoms with Crippen molar-refractivity contribution in [3.8, 4) is 0 Å². The summed E-state index contributed by atoms with van der Waals surface area (Å²) in [7, 11) is 0. The molecule has 25 heavy (non-hydrogen) atoms. The zero-order chi connectivity index (χ0) is 18.2. The normalized spacial score (nSPS) is 23.3. The van der Waals surface area contributed by atoms with Gasteiger partial charge in [0.2, 0.25) is 0 Å². The van der Waals surface area contributed by atoms with Gasteiger partial charge >= 0.3 is 5.97 Å². The molecule has 0 spiro atoms. The molecule has 138 valence electrons. The molecule has 1 aromatic rings. The van der Waals surface area contributed by atoms with Gasteiger partial charge in [-0.3, -0.25) is 4.98 Å². The second-order valence-electron chi connectivity index (χ2n) is 8.49. The maximum atomic E-state index is 11.8. The Kier molecular flexibility index (Phi) is 5.16. The second-order valence-corrected chi connectivity index (χ2v) is 8.49. The quantitative estimate of drug-likeness (QED) is 0.671. The maximum Gasteiger partial charge on any atom is 0.337 e. The molecule has 2 aliphatic rings. The van der Waals surface area contributed by atoms with Crippen LogP contribution in [0.15, 0.2) is 12.3 Å². The number of rotatable bonds is 8. The minimum absolute atomic E-state index is 0.0183. The van der Waals surface area contributed by atoms with E-state index in [0.29, 0.717) is 18.0 Å². The maximum absolute atomic E-state index is 11.8. The standard InChI is InChI=1S/C20H30N2O3/c1-12(2)7-18(21)20(25,19(23)24)11-17-16-10-14(8-13-3-4-13)9-15(16)5-6-22-17/h5-6,12-14,18,25H,3-4,7-11,21H2,1-2H3,(H,23,24)/t14-,18+,20-/m1/s1. The van der Waals surface area contributed by atoms with Crippen LogP contribution in [0.1, 0.15) is 56.4 Å². The van der Waals surface area contributed by atoms with Gasteiger partial charge in [-0.1, -0.05) is 26.7 Å². The lowest BCUT2D eigenvalue weighted by atomic mass is 9.83. The molecule has 1 heterocycles. The number of carboxylic acid groups (broad SMARTS) is 1. The van der Waals surface area contributed by atoms with Crippen LogP contribution in [0.5, 0.6) is 0 Å². The van der Waals surface area contributed by atoms with E-state index in [9.17, 15) is 15.0 Å². The molecule has 5 nitrogen and oxygen atoms in total. The molecule has 3 atom stereocenters. The first kappa shape index (κ1) is 18.3. The molecule has 0 unspecified atom stereocenters. The van der Waals surface area contributed by atoms with Crippen LogP contribution in [-0.2, 0) is 24.1 Å². The van der Waals surface area contributed by atoms with Gasteiger partial charge in [-0.2, -0.15) is 0 Å². The van der Waals surface area contributed by atoms with E-state index in [1.165, 1.54) is 24.8 Å². The third-order valence-electron chi connectivity index (χ3n) is 5.75. The largest absolute Gasteiger partial charge is 0.479 e. The Balaban J connectivity index is 1.80. The topological polar surface area (TPSA) is 96.4 Å². The number of nitrogens with zero attached hydrogens (tertiary/aromatic N) is 1. The Bertz CT molecular complexity index is 642. The summed E-state index contributed by atoms with van der Waals surface area (Å²) in [5.41, 5.74) is 7.23. The highest BCUT2D eigenvalue weighted by molar-refractivity contribution is 5.78. The van der Waals surface area contributed by atoms with Crippen LogP contribution < -0.4 is 5.73 Å². The molecule has 0 amide bonds. The van der Waals surface area contributed by atoms with Crippen molar-refractivity contribution in [3.05, 3.63) is 29.1 Å². The van der Waals surface area contributed by atoms with Crippen molar-refractivity contribution in [2.24, 2.45) is 23.5 Å². The number of aliphatic carboxylic acids is 1. The zero-order valence-corrected chi connectivity index (χ0v) is 15.2. The van der Waals surface area contributed by atoms with Crippen LogP contribution in [-0.4, -0.2) is 32.8 Å². The summed E-state index contributed by atoms with van der Waals surface area (Å²) in [5, 5.41) is 20.5. The number of nitrogens with two attached hydrogens (primary N) is 1.